The van der Waals surface area contributed by atoms with E-state index in [1.807, 2.05) is 0 Å². The summed E-state index contributed by atoms with van der Waals surface area (Å²) in [5.74, 6) is 0.643. The van der Waals surface area contributed by atoms with Crippen molar-refractivity contribution < 1.29 is 9.90 Å². The van der Waals surface area contributed by atoms with Crippen LogP contribution < -0.4 is 4.90 Å². The number of rotatable bonds is 2. The van der Waals surface area contributed by atoms with Crippen molar-refractivity contribution in [2.45, 2.75) is 25.4 Å². The van der Waals surface area contributed by atoms with Crippen LogP contribution in [0.15, 0.2) is 42.9 Å². The van der Waals surface area contributed by atoms with Crippen molar-refractivity contribution in [1.82, 2.24) is 14.9 Å². The molecule has 28 heavy (non-hydrogen) atoms. The maximum Gasteiger partial charge on any atom is 0.255 e. The van der Waals surface area contributed by atoms with Gasteiger partial charge in [-0.05, 0) is 48.9 Å². The fraction of sp³-hybridized carbons (Fsp3) is 0.429. The van der Waals surface area contributed by atoms with Crippen molar-refractivity contribution in [3.8, 4) is 6.07 Å². The van der Waals surface area contributed by atoms with E-state index in [1.54, 1.807) is 47.8 Å². The number of anilines is 1. The smallest absolute Gasteiger partial charge is 0.255 e. The van der Waals surface area contributed by atoms with E-state index in [0.717, 1.165) is 31.7 Å². The molecule has 1 N–H and O–H groups in total. The number of amides is 1. The van der Waals surface area contributed by atoms with Gasteiger partial charge in [0.1, 0.15) is 11.9 Å². The molecule has 2 aliphatic heterocycles. The second-order valence-electron chi connectivity index (χ2n) is 7.76. The van der Waals surface area contributed by atoms with Gasteiger partial charge in [0, 0.05) is 44.8 Å². The summed E-state index contributed by atoms with van der Waals surface area (Å²) in [4.78, 5) is 25.2. The highest BCUT2D eigenvalue weighted by molar-refractivity contribution is 5.94. The molecule has 2 aromatic rings. The van der Waals surface area contributed by atoms with E-state index in [2.05, 4.69) is 20.9 Å². The minimum absolute atomic E-state index is 0.0786. The van der Waals surface area contributed by atoms with Gasteiger partial charge < -0.3 is 14.9 Å². The highest BCUT2D eigenvalue weighted by Gasteiger charge is 2.43. The Labute approximate surface area is 164 Å². The van der Waals surface area contributed by atoms with E-state index >= 15 is 0 Å². The Bertz CT molecular complexity index is 887. The summed E-state index contributed by atoms with van der Waals surface area (Å²) in [6.45, 7) is 2.51. The van der Waals surface area contributed by atoms with E-state index in [-0.39, 0.29) is 11.3 Å². The summed E-state index contributed by atoms with van der Waals surface area (Å²) in [5.41, 5.74) is 1.03. The van der Waals surface area contributed by atoms with E-state index in [0.29, 0.717) is 30.6 Å². The summed E-state index contributed by atoms with van der Waals surface area (Å²) in [7, 11) is 0. The number of carbonyl (C=O) groups is 1. The molecule has 0 aliphatic carbocycles. The predicted octanol–water partition coefficient (Wildman–Crippen LogP) is 1.84. The number of aliphatic hydroxyl groups is 1. The van der Waals surface area contributed by atoms with Gasteiger partial charge in [-0.3, -0.25) is 9.78 Å². The van der Waals surface area contributed by atoms with E-state index < -0.39 is 6.10 Å². The zero-order valence-corrected chi connectivity index (χ0v) is 15.7. The Balaban J connectivity index is 1.48. The first-order valence-corrected chi connectivity index (χ1v) is 9.58. The third-order valence-electron chi connectivity index (χ3n) is 5.85. The fourth-order valence-corrected chi connectivity index (χ4v) is 4.47. The molecule has 0 saturated carbocycles. The molecule has 2 fully saturated rings. The number of aromatic nitrogens is 2. The van der Waals surface area contributed by atoms with Crippen molar-refractivity contribution >= 4 is 11.7 Å². The maximum atomic E-state index is 12.9. The number of pyridine rings is 2. The Hall–Kier alpha value is -2.98. The molecule has 2 aromatic heterocycles. The van der Waals surface area contributed by atoms with Gasteiger partial charge in [-0.2, -0.15) is 5.26 Å². The molecular formula is C21H23N5O2. The van der Waals surface area contributed by atoms with Gasteiger partial charge in [0.15, 0.2) is 0 Å². The Morgan fingerprint density at radius 2 is 2.04 bits per heavy atom. The van der Waals surface area contributed by atoms with Gasteiger partial charge in [-0.15, -0.1) is 0 Å². The maximum absolute atomic E-state index is 12.9. The molecule has 7 nitrogen and oxygen atoms in total. The van der Waals surface area contributed by atoms with Crippen LogP contribution in [-0.2, 0) is 0 Å². The van der Waals surface area contributed by atoms with Crippen LogP contribution in [0.2, 0.25) is 0 Å². The summed E-state index contributed by atoms with van der Waals surface area (Å²) in [6.07, 6.45) is 6.80. The third-order valence-corrected chi connectivity index (χ3v) is 5.85. The Morgan fingerprint density at radius 1 is 1.25 bits per heavy atom. The normalized spacial score (nSPS) is 21.4. The first kappa shape index (κ1) is 18.4. The van der Waals surface area contributed by atoms with E-state index in [4.69, 9.17) is 0 Å². The quantitative estimate of drug-likeness (QED) is 0.858. The van der Waals surface area contributed by atoms with Gasteiger partial charge in [0.05, 0.1) is 17.2 Å². The molecule has 2 saturated heterocycles. The molecule has 1 spiro atoms. The average Bonchev–Trinajstić information content (AvgIpc) is 2.74. The molecule has 1 atom stereocenters. The molecule has 2 aliphatic rings. The number of hydrogen-bond acceptors (Lipinski definition) is 6. The van der Waals surface area contributed by atoms with Crippen LogP contribution in [0.3, 0.4) is 0 Å². The molecule has 0 bridgehead atoms. The molecule has 7 heteroatoms. The first-order valence-electron chi connectivity index (χ1n) is 9.58. The minimum atomic E-state index is -0.523. The lowest BCUT2D eigenvalue weighted by Gasteiger charge is -2.49. The molecule has 1 amide bonds. The lowest BCUT2D eigenvalue weighted by Crippen LogP contribution is -2.55. The highest BCUT2D eigenvalue weighted by Crippen LogP contribution is 2.41. The van der Waals surface area contributed by atoms with Gasteiger partial charge in [-0.25, -0.2) is 4.98 Å². The number of hydrogen-bond donors (Lipinski definition) is 1. The summed E-state index contributed by atoms with van der Waals surface area (Å²) in [6, 6.07) is 9.27. The van der Waals surface area contributed by atoms with Crippen LogP contribution in [-0.4, -0.2) is 58.2 Å². The summed E-state index contributed by atoms with van der Waals surface area (Å²) in [5, 5.41) is 19.8. The Morgan fingerprint density at radius 3 is 2.75 bits per heavy atom. The molecule has 4 heterocycles. The number of β-amino-alcohol motifs (C(OH)–C–C–N with tert-alkyl or cyclic N) is 1. The Kier molecular flexibility index (Phi) is 4.97. The van der Waals surface area contributed by atoms with Crippen LogP contribution in [0.4, 0.5) is 5.82 Å². The molecule has 144 valence electrons. The predicted molar refractivity (Wildman–Crippen MR) is 104 cm³/mol. The van der Waals surface area contributed by atoms with Crippen LogP contribution in [0.25, 0.3) is 0 Å². The zero-order chi connectivity index (χ0) is 19.6. The number of nitriles is 1. The second-order valence-corrected chi connectivity index (χ2v) is 7.76. The number of nitrogens with zero attached hydrogens (tertiary/aromatic N) is 5. The van der Waals surface area contributed by atoms with Crippen molar-refractivity contribution in [3.05, 3.63) is 54.0 Å². The SMILES string of the molecule is N#Cc1cccnc1N1CCC2(CC1)CC(O)CN(C(=O)c1cccnc1)C2. The standard InChI is InChI=1S/C21H23N5O2/c22-12-16-3-2-8-24-19(16)25-9-5-21(6-10-25)11-18(27)14-26(15-21)20(28)17-4-1-7-23-13-17/h1-4,7-8,13,18,27H,5-6,9-11,14-15H2. The van der Waals surface area contributed by atoms with Crippen LogP contribution in [0.1, 0.15) is 35.2 Å². The number of carbonyl (C=O) groups excluding carboxylic acids is 1. The summed E-state index contributed by atoms with van der Waals surface area (Å²) >= 11 is 0. The molecule has 0 aromatic carbocycles. The van der Waals surface area contributed by atoms with Gasteiger partial charge in [0.2, 0.25) is 0 Å². The fourth-order valence-electron chi connectivity index (χ4n) is 4.47. The largest absolute Gasteiger partial charge is 0.391 e. The van der Waals surface area contributed by atoms with E-state index in [9.17, 15) is 15.2 Å². The van der Waals surface area contributed by atoms with Crippen LogP contribution in [0.5, 0.6) is 0 Å². The lowest BCUT2D eigenvalue weighted by atomic mass is 9.71. The second kappa shape index (κ2) is 7.56. The average molecular weight is 377 g/mol. The molecule has 0 radical (unpaired) electrons. The topological polar surface area (TPSA) is 93.4 Å². The summed E-state index contributed by atoms with van der Waals surface area (Å²) < 4.78 is 0. The van der Waals surface area contributed by atoms with Gasteiger partial charge in [-0.1, -0.05) is 0 Å². The third kappa shape index (κ3) is 3.56. The zero-order valence-electron chi connectivity index (χ0n) is 15.7. The molecular weight excluding hydrogens is 354 g/mol. The molecule has 1 unspecified atom stereocenters. The van der Waals surface area contributed by atoms with Gasteiger partial charge >= 0.3 is 0 Å². The van der Waals surface area contributed by atoms with Crippen LogP contribution in [0, 0.1) is 16.7 Å². The monoisotopic (exact) mass is 377 g/mol. The molecule has 4 rings (SSSR count). The lowest BCUT2D eigenvalue weighted by molar-refractivity contribution is -0.0150. The number of likely N-dealkylation sites (tertiary alicyclic amines) is 1. The van der Waals surface area contributed by atoms with Crippen molar-refractivity contribution in [2.24, 2.45) is 5.41 Å². The first-order chi connectivity index (χ1) is 13.6. The number of aliphatic hydroxyl groups excluding tert-OH is 1. The van der Waals surface area contributed by atoms with Crippen molar-refractivity contribution in [2.75, 3.05) is 31.1 Å². The van der Waals surface area contributed by atoms with Crippen molar-refractivity contribution in [1.29, 1.82) is 5.26 Å². The van der Waals surface area contributed by atoms with Gasteiger partial charge in [0.25, 0.3) is 5.91 Å². The van der Waals surface area contributed by atoms with E-state index in [1.165, 1.54) is 0 Å². The minimum Gasteiger partial charge on any atom is -0.391 e. The van der Waals surface area contributed by atoms with Crippen LogP contribution >= 0.6 is 0 Å². The highest BCUT2D eigenvalue weighted by atomic mass is 16.3. The van der Waals surface area contributed by atoms with Crippen molar-refractivity contribution in [3.63, 3.8) is 0 Å². The number of piperidine rings is 2.